The quantitative estimate of drug-likeness (QED) is 0.939. The maximum atomic E-state index is 12.3. The highest BCUT2D eigenvalue weighted by Crippen LogP contribution is 2.22. The molecule has 1 fully saturated rings. The van der Waals surface area contributed by atoms with Crippen molar-refractivity contribution in [1.29, 1.82) is 0 Å². The first-order valence-electron chi connectivity index (χ1n) is 8.06. The molecule has 2 heterocycles. The third kappa shape index (κ3) is 2.88. The van der Waals surface area contributed by atoms with Crippen molar-refractivity contribution >= 4 is 5.91 Å². The molecule has 5 heteroatoms. The second-order valence-corrected chi connectivity index (χ2v) is 6.40. The lowest BCUT2D eigenvalue weighted by Crippen LogP contribution is -2.51. The van der Waals surface area contributed by atoms with Crippen molar-refractivity contribution < 1.29 is 4.79 Å². The highest BCUT2D eigenvalue weighted by atomic mass is 16.2. The van der Waals surface area contributed by atoms with Gasteiger partial charge in [-0.05, 0) is 32.4 Å². The normalized spacial score (nSPS) is 14.6. The number of carbonyl (C=O) groups is 1. The van der Waals surface area contributed by atoms with Crippen LogP contribution in [0.1, 0.15) is 22.5 Å². The molecule has 0 aliphatic carbocycles. The molecule has 0 atom stereocenters. The Morgan fingerprint density at radius 3 is 2.61 bits per heavy atom. The van der Waals surface area contributed by atoms with E-state index in [-0.39, 0.29) is 11.8 Å². The maximum Gasteiger partial charge on any atom is 0.228 e. The molecule has 1 N–H and O–H groups in total. The number of benzene rings is 1. The van der Waals surface area contributed by atoms with E-state index in [1.54, 1.807) is 0 Å². The van der Waals surface area contributed by atoms with Gasteiger partial charge >= 0.3 is 0 Å². The fourth-order valence-corrected chi connectivity index (χ4v) is 3.03. The summed E-state index contributed by atoms with van der Waals surface area (Å²) in [6.07, 6.45) is 0. The molecule has 1 saturated heterocycles. The highest BCUT2D eigenvalue weighted by molar-refractivity contribution is 5.80. The SMILES string of the molecule is Cc1ccccc1-n1nc(C)c(CN(C)C(=O)C2CNC2)c1C. The first kappa shape index (κ1) is 15.7. The molecular formula is C18H24N4O. The minimum absolute atomic E-state index is 0.132. The van der Waals surface area contributed by atoms with Gasteiger partial charge in [0.05, 0.1) is 17.3 Å². The molecule has 5 nitrogen and oxygen atoms in total. The molecule has 1 aromatic heterocycles. The van der Waals surface area contributed by atoms with E-state index in [1.165, 1.54) is 5.56 Å². The number of aromatic nitrogens is 2. The Labute approximate surface area is 137 Å². The number of nitrogens with one attached hydrogen (secondary N) is 1. The summed E-state index contributed by atoms with van der Waals surface area (Å²) in [5, 5.41) is 7.85. The number of amides is 1. The Balaban J connectivity index is 1.86. The van der Waals surface area contributed by atoms with Crippen LogP contribution in [0.5, 0.6) is 0 Å². The van der Waals surface area contributed by atoms with Gasteiger partial charge in [0, 0.05) is 37.9 Å². The fourth-order valence-electron chi connectivity index (χ4n) is 3.03. The van der Waals surface area contributed by atoms with Gasteiger partial charge in [-0.3, -0.25) is 4.79 Å². The Bertz CT molecular complexity index is 731. The monoisotopic (exact) mass is 312 g/mol. The lowest BCUT2D eigenvalue weighted by Gasteiger charge is -2.30. The van der Waals surface area contributed by atoms with E-state index >= 15 is 0 Å². The molecule has 1 aromatic carbocycles. The van der Waals surface area contributed by atoms with Gasteiger partial charge in [0.1, 0.15) is 0 Å². The minimum atomic E-state index is 0.132. The van der Waals surface area contributed by atoms with Crippen molar-refractivity contribution in [3.8, 4) is 5.69 Å². The van der Waals surface area contributed by atoms with E-state index in [0.717, 1.165) is 35.7 Å². The summed E-state index contributed by atoms with van der Waals surface area (Å²) in [4.78, 5) is 14.2. The Morgan fingerprint density at radius 2 is 2.00 bits per heavy atom. The standard InChI is InChI=1S/C18H24N4O/c1-12-7-5-6-8-17(12)22-14(3)16(13(2)20-22)11-21(4)18(23)15-9-19-10-15/h5-8,15,19H,9-11H2,1-4H3. The molecule has 1 aliphatic rings. The summed E-state index contributed by atoms with van der Waals surface area (Å²) < 4.78 is 1.99. The van der Waals surface area contributed by atoms with Crippen LogP contribution in [0.4, 0.5) is 0 Å². The number of rotatable bonds is 4. The lowest BCUT2D eigenvalue weighted by molar-refractivity contribution is -0.136. The van der Waals surface area contributed by atoms with Gasteiger partial charge in [0.2, 0.25) is 5.91 Å². The van der Waals surface area contributed by atoms with Gasteiger partial charge < -0.3 is 10.2 Å². The summed E-state index contributed by atoms with van der Waals surface area (Å²) in [6.45, 7) is 8.38. The van der Waals surface area contributed by atoms with E-state index < -0.39 is 0 Å². The van der Waals surface area contributed by atoms with E-state index in [1.807, 2.05) is 35.7 Å². The highest BCUT2D eigenvalue weighted by Gasteiger charge is 2.28. The minimum Gasteiger partial charge on any atom is -0.341 e. The zero-order valence-electron chi connectivity index (χ0n) is 14.3. The smallest absolute Gasteiger partial charge is 0.228 e. The Kier molecular flexibility index (Phi) is 4.22. The van der Waals surface area contributed by atoms with Crippen LogP contribution in [0, 0.1) is 26.7 Å². The van der Waals surface area contributed by atoms with Crippen molar-refractivity contribution in [2.45, 2.75) is 27.3 Å². The van der Waals surface area contributed by atoms with Crippen molar-refractivity contribution in [3.63, 3.8) is 0 Å². The number of nitrogens with zero attached hydrogens (tertiary/aromatic N) is 3. The van der Waals surface area contributed by atoms with Crippen LogP contribution < -0.4 is 5.32 Å². The number of carbonyl (C=O) groups excluding carboxylic acids is 1. The molecular weight excluding hydrogens is 288 g/mol. The van der Waals surface area contributed by atoms with Crippen molar-refractivity contribution in [1.82, 2.24) is 20.0 Å². The van der Waals surface area contributed by atoms with Gasteiger partial charge in [0.25, 0.3) is 0 Å². The summed E-state index contributed by atoms with van der Waals surface area (Å²) >= 11 is 0. The van der Waals surface area contributed by atoms with Crippen LogP contribution in [0.25, 0.3) is 5.69 Å². The average molecular weight is 312 g/mol. The van der Waals surface area contributed by atoms with Crippen LogP contribution in [0.15, 0.2) is 24.3 Å². The fraction of sp³-hybridized carbons (Fsp3) is 0.444. The third-order valence-electron chi connectivity index (χ3n) is 4.69. The molecule has 0 bridgehead atoms. The van der Waals surface area contributed by atoms with E-state index in [4.69, 9.17) is 5.10 Å². The molecule has 0 radical (unpaired) electrons. The molecule has 3 rings (SSSR count). The van der Waals surface area contributed by atoms with E-state index in [2.05, 4.69) is 31.3 Å². The van der Waals surface area contributed by atoms with Crippen molar-refractivity contribution in [2.24, 2.45) is 5.92 Å². The molecule has 1 aliphatic heterocycles. The third-order valence-corrected chi connectivity index (χ3v) is 4.69. The molecule has 0 unspecified atom stereocenters. The second-order valence-electron chi connectivity index (χ2n) is 6.40. The topological polar surface area (TPSA) is 50.2 Å². The summed E-state index contributed by atoms with van der Waals surface area (Å²) in [5.74, 6) is 0.346. The first-order chi connectivity index (χ1) is 11.0. The van der Waals surface area contributed by atoms with Crippen LogP contribution in [-0.4, -0.2) is 40.7 Å². The average Bonchev–Trinajstić information content (AvgIpc) is 2.74. The van der Waals surface area contributed by atoms with E-state index in [0.29, 0.717) is 6.54 Å². The number of hydrogen-bond donors (Lipinski definition) is 1. The Hall–Kier alpha value is -2.14. The molecule has 0 saturated carbocycles. The molecule has 1 amide bonds. The van der Waals surface area contributed by atoms with Gasteiger partial charge in [-0.1, -0.05) is 18.2 Å². The number of para-hydroxylation sites is 1. The summed E-state index contributed by atoms with van der Waals surface area (Å²) in [7, 11) is 1.88. The number of hydrogen-bond acceptors (Lipinski definition) is 3. The second kappa shape index (κ2) is 6.16. The van der Waals surface area contributed by atoms with Crippen LogP contribution in [-0.2, 0) is 11.3 Å². The first-order valence-corrected chi connectivity index (χ1v) is 8.06. The zero-order chi connectivity index (χ0) is 16.6. The van der Waals surface area contributed by atoms with Crippen LogP contribution in [0.2, 0.25) is 0 Å². The Morgan fingerprint density at radius 1 is 1.30 bits per heavy atom. The van der Waals surface area contributed by atoms with Gasteiger partial charge in [-0.15, -0.1) is 0 Å². The van der Waals surface area contributed by atoms with Crippen LogP contribution >= 0.6 is 0 Å². The zero-order valence-corrected chi connectivity index (χ0v) is 14.3. The van der Waals surface area contributed by atoms with E-state index in [9.17, 15) is 4.79 Å². The molecule has 2 aromatic rings. The summed E-state index contributed by atoms with van der Waals surface area (Å²) in [6, 6.07) is 8.22. The van der Waals surface area contributed by atoms with Gasteiger partial charge in [-0.2, -0.15) is 5.10 Å². The van der Waals surface area contributed by atoms with Gasteiger partial charge in [0.15, 0.2) is 0 Å². The maximum absolute atomic E-state index is 12.3. The summed E-state index contributed by atoms with van der Waals surface area (Å²) in [5.41, 5.74) is 5.50. The predicted molar refractivity (Wildman–Crippen MR) is 90.6 cm³/mol. The molecule has 122 valence electrons. The predicted octanol–water partition coefficient (Wildman–Crippen LogP) is 1.98. The molecule has 0 spiro atoms. The lowest BCUT2D eigenvalue weighted by atomic mass is 10.0. The molecule has 23 heavy (non-hydrogen) atoms. The largest absolute Gasteiger partial charge is 0.341 e. The van der Waals surface area contributed by atoms with Crippen molar-refractivity contribution in [2.75, 3.05) is 20.1 Å². The van der Waals surface area contributed by atoms with Crippen molar-refractivity contribution in [3.05, 3.63) is 46.8 Å². The van der Waals surface area contributed by atoms with Crippen LogP contribution in [0.3, 0.4) is 0 Å². The number of aryl methyl sites for hydroxylation is 2. The van der Waals surface area contributed by atoms with Gasteiger partial charge in [-0.25, -0.2) is 4.68 Å².